The molecule has 0 unspecified atom stereocenters. The Bertz CT molecular complexity index is 544. The Kier molecular flexibility index (Phi) is 2.81. The zero-order valence-electron chi connectivity index (χ0n) is 9.55. The van der Waals surface area contributed by atoms with Crippen molar-refractivity contribution in [2.24, 2.45) is 0 Å². The van der Waals surface area contributed by atoms with Crippen LogP contribution in [0.15, 0.2) is 30.3 Å². The number of benzene rings is 1. The normalized spacial score (nSPS) is 12.4. The Morgan fingerprint density at radius 1 is 1.12 bits per heavy atom. The van der Waals surface area contributed by atoms with Crippen LogP contribution in [0.1, 0.15) is 31.2 Å². The molecular weight excluding hydrogens is 227 g/mol. The van der Waals surface area contributed by atoms with Crippen LogP contribution in [0, 0.1) is 0 Å². The first-order chi connectivity index (χ1) is 7.89. The summed E-state index contributed by atoms with van der Waals surface area (Å²) in [5, 5.41) is 0.739. The highest BCUT2D eigenvalue weighted by molar-refractivity contribution is 5.85. The number of alkyl halides is 3. The molecule has 2 aromatic rings. The standard InChI is InChI=1S/C13H12F3N/c1-8(2)11-7-9-5-3-4-6-10(9)12(17-11)13(14,15)16/h3-8H,1-2H3. The van der Waals surface area contributed by atoms with Crippen molar-refractivity contribution >= 4 is 10.8 Å². The fourth-order valence-electron chi connectivity index (χ4n) is 1.73. The molecule has 1 aromatic carbocycles. The van der Waals surface area contributed by atoms with E-state index in [1.54, 1.807) is 24.3 Å². The summed E-state index contributed by atoms with van der Waals surface area (Å²) in [6, 6.07) is 8.17. The summed E-state index contributed by atoms with van der Waals surface area (Å²) in [7, 11) is 0. The maximum atomic E-state index is 12.9. The predicted molar refractivity (Wildman–Crippen MR) is 60.8 cm³/mol. The largest absolute Gasteiger partial charge is 0.433 e. The minimum atomic E-state index is -4.41. The van der Waals surface area contributed by atoms with E-state index in [1.165, 1.54) is 6.07 Å². The predicted octanol–water partition coefficient (Wildman–Crippen LogP) is 4.38. The van der Waals surface area contributed by atoms with E-state index >= 15 is 0 Å². The number of aromatic nitrogens is 1. The van der Waals surface area contributed by atoms with Gasteiger partial charge in [0, 0.05) is 11.1 Å². The number of rotatable bonds is 1. The fraction of sp³-hybridized carbons (Fsp3) is 0.308. The van der Waals surface area contributed by atoms with Gasteiger partial charge in [0.25, 0.3) is 0 Å². The third-order valence-electron chi connectivity index (χ3n) is 2.62. The molecule has 1 heterocycles. The zero-order chi connectivity index (χ0) is 12.6. The van der Waals surface area contributed by atoms with Gasteiger partial charge in [0.2, 0.25) is 0 Å². The minimum Gasteiger partial charge on any atom is -0.247 e. The van der Waals surface area contributed by atoms with Crippen molar-refractivity contribution in [1.82, 2.24) is 4.98 Å². The first kappa shape index (κ1) is 11.9. The molecule has 90 valence electrons. The van der Waals surface area contributed by atoms with E-state index in [0.29, 0.717) is 11.1 Å². The smallest absolute Gasteiger partial charge is 0.247 e. The zero-order valence-corrected chi connectivity index (χ0v) is 9.55. The second kappa shape index (κ2) is 4.02. The lowest BCUT2D eigenvalue weighted by Gasteiger charge is -2.13. The number of fused-ring (bicyclic) bond motifs is 1. The van der Waals surface area contributed by atoms with Crippen molar-refractivity contribution in [2.75, 3.05) is 0 Å². The van der Waals surface area contributed by atoms with E-state index in [1.807, 2.05) is 13.8 Å². The van der Waals surface area contributed by atoms with Crippen LogP contribution < -0.4 is 0 Å². The van der Waals surface area contributed by atoms with Gasteiger partial charge in [0.15, 0.2) is 5.69 Å². The monoisotopic (exact) mass is 239 g/mol. The quantitative estimate of drug-likeness (QED) is 0.719. The fourth-order valence-corrected chi connectivity index (χ4v) is 1.73. The van der Waals surface area contributed by atoms with Crippen molar-refractivity contribution in [3.8, 4) is 0 Å². The number of halogens is 3. The summed E-state index contributed by atoms with van der Waals surface area (Å²) < 4.78 is 38.7. The lowest BCUT2D eigenvalue weighted by atomic mass is 10.0. The molecule has 4 heteroatoms. The molecule has 0 saturated carbocycles. The maximum absolute atomic E-state index is 12.9. The molecule has 0 radical (unpaired) electrons. The summed E-state index contributed by atoms with van der Waals surface area (Å²) in [5.74, 6) is -0.0271. The van der Waals surface area contributed by atoms with Gasteiger partial charge in [0.1, 0.15) is 0 Å². The third kappa shape index (κ3) is 2.25. The number of pyridine rings is 1. The van der Waals surface area contributed by atoms with Gasteiger partial charge in [-0.05, 0) is 17.4 Å². The van der Waals surface area contributed by atoms with Crippen molar-refractivity contribution in [2.45, 2.75) is 25.9 Å². The Balaban J connectivity index is 2.79. The van der Waals surface area contributed by atoms with E-state index in [4.69, 9.17) is 0 Å². The SMILES string of the molecule is CC(C)c1cc2ccccc2c(C(F)(F)F)n1. The highest BCUT2D eigenvalue weighted by atomic mass is 19.4. The van der Waals surface area contributed by atoms with E-state index in [9.17, 15) is 13.2 Å². The van der Waals surface area contributed by atoms with Crippen LogP contribution in [0.2, 0.25) is 0 Å². The van der Waals surface area contributed by atoms with Gasteiger partial charge in [-0.1, -0.05) is 38.1 Å². The molecule has 17 heavy (non-hydrogen) atoms. The van der Waals surface area contributed by atoms with Gasteiger partial charge in [-0.25, -0.2) is 4.98 Å². The Morgan fingerprint density at radius 2 is 1.76 bits per heavy atom. The second-order valence-corrected chi connectivity index (χ2v) is 4.27. The number of hydrogen-bond donors (Lipinski definition) is 0. The summed E-state index contributed by atoms with van der Waals surface area (Å²) in [4.78, 5) is 3.75. The summed E-state index contributed by atoms with van der Waals surface area (Å²) in [5.41, 5.74) is -0.324. The van der Waals surface area contributed by atoms with Crippen LogP contribution in [0.3, 0.4) is 0 Å². The summed E-state index contributed by atoms with van der Waals surface area (Å²) in [6.45, 7) is 3.66. The molecule has 0 fully saturated rings. The number of nitrogens with zero attached hydrogens (tertiary/aromatic N) is 1. The van der Waals surface area contributed by atoms with E-state index in [-0.39, 0.29) is 11.3 Å². The van der Waals surface area contributed by atoms with Crippen LogP contribution >= 0.6 is 0 Å². The highest BCUT2D eigenvalue weighted by Gasteiger charge is 2.35. The minimum absolute atomic E-state index is 0.0271. The molecule has 2 rings (SSSR count). The first-order valence-electron chi connectivity index (χ1n) is 5.36. The molecule has 0 atom stereocenters. The maximum Gasteiger partial charge on any atom is 0.433 e. The molecule has 0 saturated heterocycles. The molecule has 1 aromatic heterocycles. The van der Waals surface area contributed by atoms with Crippen LogP contribution in [-0.4, -0.2) is 4.98 Å². The number of hydrogen-bond acceptors (Lipinski definition) is 1. The molecular formula is C13H12F3N. The lowest BCUT2D eigenvalue weighted by molar-refractivity contribution is -0.139. The van der Waals surface area contributed by atoms with Crippen LogP contribution in [0.25, 0.3) is 10.8 Å². The third-order valence-corrected chi connectivity index (χ3v) is 2.62. The Hall–Kier alpha value is -1.58. The van der Waals surface area contributed by atoms with Gasteiger partial charge in [0.05, 0.1) is 0 Å². The molecule has 0 N–H and O–H groups in total. The second-order valence-electron chi connectivity index (χ2n) is 4.27. The molecule has 0 spiro atoms. The summed E-state index contributed by atoms with van der Waals surface area (Å²) in [6.07, 6.45) is -4.41. The van der Waals surface area contributed by atoms with Gasteiger partial charge in [-0.3, -0.25) is 0 Å². The van der Waals surface area contributed by atoms with Gasteiger partial charge in [-0.2, -0.15) is 13.2 Å². The molecule has 0 aliphatic heterocycles. The average molecular weight is 239 g/mol. The van der Waals surface area contributed by atoms with Crippen LogP contribution in [0.4, 0.5) is 13.2 Å². The van der Waals surface area contributed by atoms with Gasteiger partial charge < -0.3 is 0 Å². The van der Waals surface area contributed by atoms with Crippen LogP contribution in [0.5, 0.6) is 0 Å². The molecule has 1 nitrogen and oxygen atoms in total. The Morgan fingerprint density at radius 3 is 2.35 bits per heavy atom. The average Bonchev–Trinajstić information content (AvgIpc) is 2.26. The van der Waals surface area contributed by atoms with Crippen molar-refractivity contribution in [1.29, 1.82) is 0 Å². The molecule has 0 aliphatic rings. The van der Waals surface area contributed by atoms with Crippen molar-refractivity contribution < 1.29 is 13.2 Å². The van der Waals surface area contributed by atoms with Crippen molar-refractivity contribution in [3.63, 3.8) is 0 Å². The van der Waals surface area contributed by atoms with E-state index < -0.39 is 11.9 Å². The van der Waals surface area contributed by atoms with Crippen molar-refractivity contribution in [3.05, 3.63) is 41.7 Å². The Labute approximate surface area is 97.3 Å². The lowest BCUT2D eigenvalue weighted by Crippen LogP contribution is -2.11. The molecule has 0 bridgehead atoms. The molecule has 0 amide bonds. The molecule has 0 aliphatic carbocycles. The van der Waals surface area contributed by atoms with E-state index in [0.717, 1.165) is 0 Å². The first-order valence-corrected chi connectivity index (χ1v) is 5.36. The van der Waals surface area contributed by atoms with Gasteiger partial charge in [-0.15, -0.1) is 0 Å². The van der Waals surface area contributed by atoms with Gasteiger partial charge >= 0.3 is 6.18 Å². The highest BCUT2D eigenvalue weighted by Crippen LogP contribution is 2.34. The van der Waals surface area contributed by atoms with Crippen LogP contribution in [-0.2, 0) is 6.18 Å². The van der Waals surface area contributed by atoms with E-state index in [2.05, 4.69) is 4.98 Å². The topological polar surface area (TPSA) is 12.9 Å². The summed E-state index contributed by atoms with van der Waals surface area (Å²) >= 11 is 0.